The minimum atomic E-state index is -0.567. The van der Waals surface area contributed by atoms with Crippen LogP contribution in [-0.2, 0) is 4.74 Å². The maximum absolute atomic E-state index is 11.7. The van der Waals surface area contributed by atoms with Gasteiger partial charge in [0.1, 0.15) is 28.1 Å². The van der Waals surface area contributed by atoms with E-state index in [-0.39, 0.29) is 0 Å². The van der Waals surface area contributed by atoms with Gasteiger partial charge >= 0.3 is 6.09 Å². The first-order valence-corrected chi connectivity index (χ1v) is 7.38. The van der Waals surface area contributed by atoms with Crippen molar-refractivity contribution < 1.29 is 14.3 Å². The van der Waals surface area contributed by atoms with Gasteiger partial charge < -0.3 is 9.47 Å². The molecule has 0 aromatic carbocycles. The molecule has 2 aromatic rings. The minimum absolute atomic E-state index is 0.344. The van der Waals surface area contributed by atoms with Gasteiger partial charge in [-0.2, -0.15) is 0 Å². The van der Waals surface area contributed by atoms with Crippen molar-refractivity contribution in [3.8, 4) is 11.5 Å². The van der Waals surface area contributed by atoms with Gasteiger partial charge in [0, 0.05) is 12.3 Å². The third-order valence-electron chi connectivity index (χ3n) is 2.59. The van der Waals surface area contributed by atoms with Crippen LogP contribution in [-0.4, -0.2) is 21.7 Å². The van der Waals surface area contributed by atoms with E-state index in [9.17, 15) is 4.79 Å². The first-order valence-electron chi connectivity index (χ1n) is 7.00. The number of halogens is 1. The van der Waals surface area contributed by atoms with Crippen LogP contribution in [0.25, 0.3) is 0 Å². The zero-order valence-electron chi connectivity index (χ0n) is 13.4. The van der Waals surface area contributed by atoms with Crippen LogP contribution in [0.15, 0.2) is 30.5 Å². The Morgan fingerprint density at radius 1 is 1.26 bits per heavy atom. The quantitative estimate of drug-likeness (QED) is 0.831. The average molecular weight is 336 g/mol. The molecular weight excluding hydrogens is 318 g/mol. The standard InChI is InChI=1S/C16H18ClN3O3/c1-10-12(22-11-7-8-18-13(17)9-11)5-6-14(19-10)20-15(21)23-16(2,3)4/h5-9H,1-4H3,(H,19,20,21). The number of aryl methyl sites for hydroxylation is 1. The second-order valence-corrected chi connectivity index (χ2v) is 6.21. The van der Waals surface area contributed by atoms with Crippen molar-refractivity contribution in [2.24, 2.45) is 0 Å². The zero-order valence-corrected chi connectivity index (χ0v) is 14.1. The lowest BCUT2D eigenvalue weighted by molar-refractivity contribution is 0.0635. The van der Waals surface area contributed by atoms with E-state index in [1.807, 2.05) is 0 Å². The fourth-order valence-electron chi connectivity index (χ4n) is 1.71. The van der Waals surface area contributed by atoms with E-state index < -0.39 is 11.7 Å². The van der Waals surface area contributed by atoms with E-state index in [0.29, 0.717) is 28.2 Å². The topological polar surface area (TPSA) is 73.3 Å². The number of rotatable bonds is 3. The molecular formula is C16H18ClN3O3. The Balaban J connectivity index is 2.07. The minimum Gasteiger partial charge on any atom is -0.455 e. The van der Waals surface area contributed by atoms with Crippen LogP contribution in [0, 0.1) is 6.92 Å². The number of pyridine rings is 2. The van der Waals surface area contributed by atoms with Gasteiger partial charge in [-0.1, -0.05) is 11.6 Å². The predicted octanol–water partition coefficient (Wildman–Crippen LogP) is 4.58. The maximum atomic E-state index is 11.7. The Bertz CT molecular complexity index is 714. The molecule has 1 N–H and O–H groups in total. The largest absolute Gasteiger partial charge is 0.455 e. The van der Waals surface area contributed by atoms with Gasteiger partial charge in [0.15, 0.2) is 0 Å². The van der Waals surface area contributed by atoms with Crippen molar-refractivity contribution >= 4 is 23.5 Å². The Morgan fingerprint density at radius 2 is 2.00 bits per heavy atom. The molecule has 0 saturated heterocycles. The van der Waals surface area contributed by atoms with Gasteiger partial charge in [0.05, 0.1) is 5.69 Å². The van der Waals surface area contributed by atoms with Crippen LogP contribution in [0.1, 0.15) is 26.5 Å². The monoisotopic (exact) mass is 335 g/mol. The van der Waals surface area contributed by atoms with Crippen molar-refractivity contribution in [3.63, 3.8) is 0 Å². The first kappa shape index (κ1) is 17.0. The highest BCUT2D eigenvalue weighted by atomic mass is 35.5. The molecule has 0 aliphatic heterocycles. The van der Waals surface area contributed by atoms with E-state index in [2.05, 4.69) is 15.3 Å². The number of hydrogen-bond donors (Lipinski definition) is 1. The van der Waals surface area contributed by atoms with Crippen LogP contribution in [0.3, 0.4) is 0 Å². The van der Waals surface area contributed by atoms with Gasteiger partial charge in [-0.15, -0.1) is 0 Å². The van der Waals surface area contributed by atoms with Crippen molar-refractivity contribution in [1.82, 2.24) is 9.97 Å². The maximum Gasteiger partial charge on any atom is 0.413 e. The Hall–Kier alpha value is -2.34. The van der Waals surface area contributed by atoms with E-state index in [1.54, 1.807) is 58.2 Å². The van der Waals surface area contributed by atoms with Crippen molar-refractivity contribution in [2.75, 3.05) is 5.32 Å². The molecule has 0 unspecified atom stereocenters. The average Bonchev–Trinajstić information content (AvgIpc) is 2.40. The summed E-state index contributed by atoms with van der Waals surface area (Å²) in [6.07, 6.45) is 0.998. The first-order chi connectivity index (χ1) is 10.7. The molecule has 2 aromatic heterocycles. The highest BCUT2D eigenvalue weighted by molar-refractivity contribution is 6.29. The third-order valence-corrected chi connectivity index (χ3v) is 2.80. The summed E-state index contributed by atoms with van der Waals surface area (Å²) in [7, 11) is 0. The lowest BCUT2D eigenvalue weighted by Crippen LogP contribution is -2.27. The SMILES string of the molecule is Cc1nc(NC(=O)OC(C)(C)C)ccc1Oc1ccnc(Cl)c1. The van der Waals surface area contributed by atoms with Gasteiger partial charge in [0.25, 0.3) is 0 Å². The van der Waals surface area contributed by atoms with Crippen molar-refractivity contribution in [2.45, 2.75) is 33.3 Å². The summed E-state index contributed by atoms with van der Waals surface area (Å²) >= 11 is 5.82. The van der Waals surface area contributed by atoms with E-state index in [4.69, 9.17) is 21.1 Å². The smallest absolute Gasteiger partial charge is 0.413 e. The summed E-state index contributed by atoms with van der Waals surface area (Å²) in [5.41, 5.74) is 0.0504. The Labute approximate surface area is 139 Å². The lowest BCUT2D eigenvalue weighted by atomic mass is 10.2. The molecule has 0 spiro atoms. The zero-order chi connectivity index (χ0) is 17.0. The number of ether oxygens (including phenoxy) is 2. The molecule has 0 radical (unpaired) electrons. The molecule has 0 fully saturated rings. The molecule has 0 aliphatic carbocycles. The summed E-state index contributed by atoms with van der Waals surface area (Å²) < 4.78 is 10.9. The van der Waals surface area contributed by atoms with Gasteiger partial charge in [-0.05, 0) is 45.9 Å². The molecule has 1 amide bonds. The summed E-state index contributed by atoms with van der Waals surface area (Å²) in [4.78, 5) is 19.9. The summed E-state index contributed by atoms with van der Waals surface area (Å²) in [5, 5.41) is 2.92. The molecule has 6 nitrogen and oxygen atoms in total. The van der Waals surface area contributed by atoms with Crippen molar-refractivity contribution in [1.29, 1.82) is 0 Å². The number of carbonyl (C=O) groups excluding carboxylic acids is 1. The van der Waals surface area contributed by atoms with Crippen LogP contribution in [0.4, 0.5) is 10.6 Å². The summed E-state index contributed by atoms with van der Waals surface area (Å²) in [5.74, 6) is 1.50. The van der Waals surface area contributed by atoms with Gasteiger partial charge in [-0.25, -0.2) is 14.8 Å². The fourth-order valence-corrected chi connectivity index (χ4v) is 1.87. The molecule has 122 valence electrons. The second kappa shape index (κ2) is 6.83. The molecule has 0 aliphatic rings. The Kier molecular flexibility index (Phi) is 5.05. The molecule has 7 heteroatoms. The lowest BCUT2D eigenvalue weighted by Gasteiger charge is -2.19. The molecule has 2 rings (SSSR count). The summed E-state index contributed by atoms with van der Waals surface area (Å²) in [6.45, 7) is 7.16. The Morgan fingerprint density at radius 3 is 2.61 bits per heavy atom. The molecule has 0 bridgehead atoms. The number of anilines is 1. The van der Waals surface area contributed by atoms with Crippen molar-refractivity contribution in [3.05, 3.63) is 41.3 Å². The normalized spacial score (nSPS) is 11.0. The number of amides is 1. The highest BCUT2D eigenvalue weighted by Crippen LogP contribution is 2.26. The van der Waals surface area contributed by atoms with E-state index >= 15 is 0 Å². The number of nitrogens with zero attached hydrogens (tertiary/aromatic N) is 2. The van der Waals surface area contributed by atoms with E-state index in [0.717, 1.165) is 0 Å². The van der Waals surface area contributed by atoms with Crippen LogP contribution in [0.5, 0.6) is 11.5 Å². The number of aromatic nitrogens is 2. The predicted molar refractivity (Wildman–Crippen MR) is 88.2 cm³/mol. The van der Waals surface area contributed by atoms with Gasteiger partial charge in [-0.3, -0.25) is 5.32 Å². The van der Waals surface area contributed by atoms with Crippen LogP contribution >= 0.6 is 11.6 Å². The fraction of sp³-hybridized carbons (Fsp3) is 0.312. The van der Waals surface area contributed by atoms with Crippen LogP contribution < -0.4 is 10.1 Å². The van der Waals surface area contributed by atoms with Crippen LogP contribution in [0.2, 0.25) is 5.15 Å². The number of hydrogen-bond acceptors (Lipinski definition) is 5. The number of carbonyl (C=O) groups is 1. The highest BCUT2D eigenvalue weighted by Gasteiger charge is 2.17. The van der Waals surface area contributed by atoms with E-state index in [1.165, 1.54) is 0 Å². The molecule has 0 atom stereocenters. The summed E-state index contributed by atoms with van der Waals surface area (Å²) in [6, 6.07) is 6.64. The molecule has 23 heavy (non-hydrogen) atoms. The third kappa shape index (κ3) is 5.41. The molecule has 2 heterocycles. The second-order valence-electron chi connectivity index (χ2n) is 5.82. The molecule has 0 saturated carbocycles. The van der Waals surface area contributed by atoms with Gasteiger partial charge in [0.2, 0.25) is 0 Å². The number of nitrogens with one attached hydrogen (secondary N) is 1.